The van der Waals surface area contributed by atoms with E-state index in [9.17, 15) is 0 Å². The van der Waals surface area contributed by atoms with Crippen LogP contribution in [0.15, 0.2) is 48.5 Å². The lowest BCUT2D eigenvalue weighted by molar-refractivity contribution is 0.264. The molecule has 1 aliphatic heterocycles. The lowest BCUT2D eigenvalue weighted by Crippen LogP contribution is -2.05. The molecule has 3 rings (SSSR count). The van der Waals surface area contributed by atoms with Gasteiger partial charge in [-0.3, -0.25) is 0 Å². The van der Waals surface area contributed by atoms with Gasteiger partial charge in [-0.15, -0.1) is 0 Å². The molecule has 0 bridgehead atoms. The fourth-order valence-corrected chi connectivity index (χ4v) is 2.04. The molecular formula is C16H16O2. The fourth-order valence-electron chi connectivity index (χ4n) is 2.04. The minimum Gasteiger partial charge on any atom is -0.490 e. The van der Waals surface area contributed by atoms with Crippen molar-refractivity contribution in [3.05, 3.63) is 54.1 Å². The van der Waals surface area contributed by atoms with Crippen molar-refractivity contribution in [1.82, 2.24) is 0 Å². The van der Waals surface area contributed by atoms with Gasteiger partial charge < -0.3 is 9.47 Å². The van der Waals surface area contributed by atoms with Crippen LogP contribution >= 0.6 is 0 Å². The number of benzene rings is 2. The molecule has 0 aromatic heterocycles. The first-order valence-corrected chi connectivity index (χ1v) is 6.24. The van der Waals surface area contributed by atoms with Crippen molar-refractivity contribution in [3.63, 3.8) is 0 Å². The molecular weight excluding hydrogens is 224 g/mol. The van der Waals surface area contributed by atoms with Gasteiger partial charge in [-0.1, -0.05) is 42.5 Å². The zero-order valence-corrected chi connectivity index (χ0v) is 10.4. The number of rotatable bonds is 4. The first-order chi connectivity index (χ1) is 8.84. The van der Waals surface area contributed by atoms with Crippen LogP contribution in [0.25, 0.3) is 11.1 Å². The Balaban J connectivity index is 1.92. The molecule has 2 aromatic rings. The van der Waals surface area contributed by atoms with Gasteiger partial charge in [-0.2, -0.15) is 0 Å². The predicted octanol–water partition coefficient (Wildman–Crippen LogP) is 3.44. The third-order valence-corrected chi connectivity index (χ3v) is 3.15. The van der Waals surface area contributed by atoms with Gasteiger partial charge in [0.2, 0.25) is 0 Å². The van der Waals surface area contributed by atoms with E-state index in [0.29, 0.717) is 6.61 Å². The van der Waals surface area contributed by atoms with Crippen LogP contribution in [0.2, 0.25) is 0 Å². The Bertz CT molecular complexity index is 544. The van der Waals surface area contributed by atoms with Crippen molar-refractivity contribution < 1.29 is 9.47 Å². The standard InChI is InChI=1S/C16H16O2/c1-12-6-2-3-7-14(12)15-8-4-5-9-16(15)18-11-13-10-17-13/h2-9,13H,10-11H2,1H3. The van der Waals surface area contributed by atoms with E-state index in [4.69, 9.17) is 9.47 Å². The lowest BCUT2D eigenvalue weighted by atomic mass is 10.00. The molecule has 0 amide bonds. The summed E-state index contributed by atoms with van der Waals surface area (Å²) in [5.41, 5.74) is 3.64. The number of ether oxygens (including phenoxy) is 2. The molecule has 2 aromatic carbocycles. The van der Waals surface area contributed by atoms with E-state index in [1.165, 1.54) is 11.1 Å². The zero-order valence-electron chi connectivity index (χ0n) is 10.4. The quantitative estimate of drug-likeness (QED) is 0.764. The maximum atomic E-state index is 5.85. The molecule has 0 radical (unpaired) electrons. The second kappa shape index (κ2) is 4.83. The zero-order chi connectivity index (χ0) is 12.4. The molecule has 0 spiro atoms. The molecule has 1 aliphatic rings. The van der Waals surface area contributed by atoms with Crippen LogP contribution in [0, 0.1) is 6.92 Å². The molecule has 1 unspecified atom stereocenters. The topological polar surface area (TPSA) is 21.8 Å². The van der Waals surface area contributed by atoms with E-state index in [1.807, 2.05) is 18.2 Å². The van der Waals surface area contributed by atoms with Crippen molar-refractivity contribution >= 4 is 0 Å². The van der Waals surface area contributed by atoms with Gasteiger partial charge >= 0.3 is 0 Å². The molecule has 18 heavy (non-hydrogen) atoms. The first-order valence-electron chi connectivity index (χ1n) is 6.24. The maximum absolute atomic E-state index is 5.85. The Labute approximate surface area is 107 Å². The summed E-state index contributed by atoms with van der Waals surface area (Å²) in [6.07, 6.45) is 0.287. The number of hydrogen-bond acceptors (Lipinski definition) is 2. The summed E-state index contributed by atoms with van der Waals surface area (Å²) in [4.78, 5) is 0. The number of epoxide rings is 1. The highest BCUT2D eigenvalue weighted by atomic mass is 16.6. The Morgan fingerprint density at radius 1 is 1.06 bits per heavy atom. The highest BCUT2D eigenvalue weighted by Crippen LogP contribution is 2.32. The highest BCUT2D eigenvalue weighted by Gasteiger charge is 2.23. The molecule has 1 heterocycles. The van der Waals surface area contributed by atoms with Crippen LogP contribution in [0.1, 0.15) is 5.56 Å². The van der Waals surface area contributed by atoms with Crippen LogP contribution in [0.5, 0.6) is 5.75 Å². The summed E-state index contributed by atoms with van der Waals surface area (Å²) in [6, 6.07) is 16.5. The van der Waals surface area contributed by atoms with E-state index in [-0.39, 0.29) is 6.10 Å². The van der Waals surface area contributed by atoms with Crippen LogP contribution in [-0.2, 0) is 4.74 Å². The molecule has 1 fully saturated rings. The van der Waals surface area contributed by atoms with Crippen LogP contribution < -0.4 is 4.74 Å². The van der Waals surface area contributed by atoms with Gasteiger partial charge in [0.1, 0.15) is 18.5 Å². The smallest absolute Gasteiger partial charge is 0.127 e. The van der Waals surface area contributed by atoms with Gasteiger partial charge in [0, 0.05) is 5.56 Å². The molecule has 92 valence electrons. The Morgan fingerprint density at radius 2 is 1.72 bits per heavy atom. The van der Waals surface area contributed by atoms with Gasteiger partial charge in [-0.25, -0.2) is 0 Å². The highest BCUT2D eigenvalue weighted by molar-refractivity contribution is 5.73. The van der Waals surface area contributed by atoms with Gasteiger partial charge in [0.25, 0.3) is 0 Å². The minimum absolute atomic E-state index is 0.287. The molecule has 0 N–H and O–H groups in total. The lowest BCUT2D eigenvalue weighted by Gasteiger charge is -2.12. The van der Waals surface area contributed by atoms with Crippen molar-refractivity contribution in [2.75, 3.05) is 13.2 Å². The number of hydrogen-bond donors (Lipinski definition) is 0. The van der Waals surface area contributed by atoms with Crippen molar-refractivity contribution in [3.8, 4) is 16.9 Å². The molecule has 0 aliphatic carbocycles. The third-order valence-electron chi connectivity index (χ3n) is 3.15. The second-order valence-corrected chi connectivity index (χ2v) is 4.58. The van der Waals surface area contributed by atoms with Gasteiger partial charge in [-0.05, 0) is 24.1 Å². The Hall–Kier alpha value is -1.80. The van der Waals surface area contributed by atoms with E-state index in [1.54, 1.807) is 0 Å². The molecule has 0 saturated carbocycles. The summed E-state index contributed by atoms with van der Waals surface area (Å²) in [6.45, 7) is 3.59. The average Bonchev–Trinajstić information content (AvgIpc) is 3.22. The summed E-state index contributed by atoms with van der Waals surface area (Å²) >= 11 is 0. The van der Waals surface area contributed by atoms with E-state index >= 15 is 0 Å². The Kier molecular flexibility index (Phi) is 3.03. The van der Waals surface area contributed by atoms with E-state index in [0.717, 1.165) is 17.9 Å². The summed E-state index contributed by atoms with van der Waals surface area (Å²) in [5, 5.41) is 0. The SMILES string of the molecule is Cc1ccccc1-c1ccccc1OCC1CO1. The average molecular weight is 240 g/mol. The fraction of sp³-hybridized carbons (Fsp3) is 0.250. The number of para-hydroxylation sites is 1. The van der Waals surface area contributed by atoms with Crippen molar-refractivity contribution in [2.45, 2.75) is 13.0 Å². The minimum atomic E-state index is 0.287. The maximum Gasteiger partial charge on any atom is 0.127 e. The summed E-state index contributed by atoms with van der Waals surface area (Å²) < 4.78 is 11.0. The van der Waals surface area contributed by atoms with Crippen molar-refractivity contribution in [2.24, 2.45) is 0 Å². The predicted molar refractivity (Wildman–Crippen MR) is 71.9 cm³/mol. The molecule has 1 atom stereocenters. The van der Waals surface area contributed by atoms with Gasteiger partial charge in [0.05, 0.1) is 6.61 Å². The van der Waals surface area contributed by atoms with Gasteiger partial charge in [0.15, 0.2) is 0 Å². The largest absolute Gasteiger partial charge is 0.490 e. The van der Waals surface area contributed by atoms with Crippen molar-refractivity contribution in [1.29, 1.82) is 0 Å². The van der Waals surface area contributed by atoms with Crippen LogP contribution in [0.4, 0.5) is 0 Å². The van der Waals surface area contributed by atoms with Crippen LogP contribution in [0.3, 0.4) is 0 Å². The Morgan fingerprint density at radius 3 is 2.44 bits per heavy atom. The summed E-state index contributed by atoms with van der Waals surface area (Å²) in [7, 11) is 0. The monoisotopic (exact) mass is 240 g/mol. The molecule has 1 saturated heterocycles. The van der Waals surface area contributed by atoms with Crippen LogP contribution in [-0.4, -0.2) is 19.3 Å². The summed E-state index contributed by atoms with van der Waals surface area (Å²) in [5.74, 6) is 0.933. The second-order valence-electron chi connectivity index (χ2n) is 4.58. The third kappa shape index (κ3) is 2.39. The normalized spacial score (nSPS) is 17.5. The first kappa shape index (κ1) is 11.3. The molecule has 2 heteroatoms. The number of aryl methyl sites for hydroxylation is 1. The molecule has 2 nitrogen and oxygen atoms in total. The van der Waals surface area contributed by atoms with E-state index < -0.39 is 0 Å². The van der Waals surface area contributed by atoms with E-state index in [2.05, 4.69) is 37.3 Å².